The number of nitrogens with zero attached hydrogens (tertiary/aromatic N) is 1. The van der Waals surface area contributed by atoms with Crippen LogP contribution in [0.15, 0.2) is 242 Å². The highest BCUT2D eigenvalue weighted by Gasteiger charge is 2.43. The largest absolute Gasteiger partial charge is 0.502 e. The van der Waals surface area contributed by atoms with Gasteiger partial charge in [0.15, 0.2) is 51.7 Å². The molecule has 24 nitrogen and oxygen atoms in total. The molecule has 137 heavy (non-hydrogen) atoms. The Morgan fingerprint density at radius 3 is 0.876 bits per heavy atom. The van der Waals surface area contributed by atoms with Crippen LogP contribution in [0.3, 0.4) is 0 Å². The lowest BCUT2D eigenvalue weighted by Gasteiger charge is -2.24. The van der Waals surface area contributed by atoms with Gasteiger partial charge >= 0.3 is 6.30 Å². The summed E-state index contributed by atoms with van der Waals surface area (Å²) in [6, 6.07) is 49.6. The summed E-state index contributed by atoms with van der Waals surface area (Å²) in [4.78, 5) is 56.0. The van der Waals surface area contributed by atoms with Gasteiger partial charge in [-0.25, -0.2) is 22.5 Å². The van der Waals surface area contributed by atoms with Gasteiger partial charge in [0, 0.05) is 0 Å². The lowest BCUT2D eigenvalue weighted by atomic mass is 10.00. The predicted octanol–water partition coefficient (Wildman–Crippen LogP) is 22.1. The lowest BCUT2D eigenvalue weighted by Crippen LogP contribution is -2.42. The van der Waals surface area contributed by atoms with Crippen molar-refractivity contribution in [2.75, 3.05) is 56.9 Å². The summed E-state index contributed by atoms with van der Waals surface area (Å²) in [7, 11) is 11.5. The van der Waals surface area contributed by atoms with Gasteiger partial charge in [0.2, 0.25) is 40.7 Å². The van der Waals surface area contributed by atoms with E-state index in [0.717, 1.165) is 72.4 Å². The van der Waals surface area contributed by atoms with Gasteiger partial charge in [-0.15, -0.1) is 13.2 Å². The molecule has 9 aromatic carbocycles. The number of furan rings is 3. The summed E-state index contributed by atoms with van der Waals surface area (Å²) < 4.78 is 155. The van der Waals surface area contributed by atoms with E-state index in [4.69, 9.17) is 56.0 Å². The first-order chi connectivity index (χ1) is 65.7. The van der Waals surface area contributed by atoms with Crippen molar-refractivity contribution in [1.29, 1.82) is 0 Å². The van der Waals surface area contributed by atoms with Crippen molar-refractivity contribution in [2.45, 2.75) is 79.3 Å². The number of benzene rings is 9. The molecule has 0 saturated carbocycles. The smallest absolute Gasteiger partial charge is 0.487 e. The molecule has 0 bridgehead atoms. The van der Waals surface area contributed by atoms with E-state index in [9.17, 15) is 70.3 Å². The minimum atomic E-state index is -4.94. The van der Waals surface area contributed by atoms with Gasteiger partial charge in [0.1, 0.15) is 40.5 Å². The molecule has 0 saturated heterocycles. The second-order valence-corrected chi connectivity index (χ2v) is 31.4. The van der Waals surface area contributed by atoms with Crippen LogP contribution < -0.4 is 58.8 Å². The summed E-state index contributed by atoms with van der Waals surface area (Å²) in [6.07, 6.45) is 6.39. The van der Waals surface area contributed by atoms with Crippen LogP contribution in [-0.2, 0) is 38.8 Å². The molecular formula is C106H95F7N4O20. The van der Waals surface area contributed by atoms with Crippen LogP contribution in [0.4, 0.5) is 30.7 Å². The predicted molar refractivity (Wildman–Crippen MR) is 502 cm³/mol. The van der Waals surface area contributed by atoms with E-state index in [-0.39, 0.29) is 153 Å². The summed E-state index contributed by atoms with van der Waals surface area (Å²) in [6.45, 7) is 7.15. The van der Waals surface area contributed by atoms with Gasteiger partial charge < -0.3 is 87.0 Å². The molecule has 3 aromatic heterocycles. The molecule has 31 heteroatoms. The fraction of sp³-hybridized carbons (Fsp3) is 0.189. The lowest BCUT2D eigenvalue weighted by molar-refractivity contribution is -0.244. The first-order valence-corrected chi connectivity index (χ1v) is 42.4. The molecule has 708 valence electrons. The number of rotatable bonds is 28. The zero-order chi connectivity index (χ0) is 98.2. The van der Waals surface area contributed by atoms with Gasteiger partial charge in [0.25, 0.3) is 5.91 Å². The van der Waals surface area contributed by atoms with Crippen molar-refractivity contribution in [3.63, 3.8) is 0 Å². The second kappa shape index (κ2) is 43.5. The number of carbonyl (C=O) groups is 4. The number of aromatic hydroxyl groups is 4. The number of hydrogen-bond acceptors (Lipinski definition) is 20. The number of methoxy groups -OCH3 is 8. The molecule has 7 N–H and O–H groups in total. The molecule has 4 aliphatic carbocycles. The summed E-state index contributed by atoms with van der Waals surface area (Å²) in [5, 5.41) is 46.5. The highest BCUT2D eigenvalue weighted by Crippen LogP contribution is 2.52. The quantitative estimate of drug-likeness (QED) is 0.0136. The second-order valence-electron chi connectivity index (χ2n) is 31.4. The number of halogens is 7. The van der Waals surface area contributed by atoms with Crippen LogP contribution in [0.1, 0.15) is 137 Å². The first-order valence-electron chi connectivity index (χ1n) is 42.4. The topological polar surface area (TPSA) is 311 Å². The Hall–Kier alpha value is -16.5. The fourth-order valence-corrected chi connectivity index (χ4v) is 16.1. The first kappa shape index (κ1) is 98.0. The number of para-hydroxylation sites is 1. The Morgan fingerprint density at radius 1 is 0.343 bits per heavy atom. The maximum atomic E-state index is 14.2. The van der Waals surface area contributed by atoms with Crippen LogP contribution in [0.2, 0.25) is 0 Å². The molecule has 12 aromatic rings. The maximum absolute atomic E-state index is 14.2. The molecule has 0 aliphatic heterocycles. The molecule has 0 spiro atoms. The van der Waals surface area contributed by atoms with Crippen LogP contribution in [0, 0.1) is 23.3 Å². The number of carbonyl (C=O) groups excluding carboxylic acids is 4. The highest BCUT2D eigenvalue weighted by atomic mass is 19.4. The molecule has 0 radical (unpaired) electrons. The van der Waals surface area contributed by atoms with E-state index in [1.54, 1.807) is 141 Å². The maximum Gasteiger partial charge on any atom is 0.487 e. The van der Waals surface area contributed by atoms with Crippen molar-refractivity contribution >= 4 is 92.5 Å². The van der Waals surface area contributed by atoms with E-state index in [0.29, 0.717) is 72.9 Å². The molecular weight excluding hydrogens is 1780 g/mol. The summed E-state index contributed by atoms with van der Waals surface area (Å²) in [5.41, 5.74) is 19.2. The Kier molecular flexibility index (Phi) is 31.1. The van der Waals surface area contributed by atoms with Crippen molar-refractivity contribution in [2.24, 2.45) is 0 Å². The van der Waals surface area contributed by atoms with E-state index < -0.39 is 31.0 Å². The third-order valence-corrected chi connectivity index (χ3v) is 23.0. The summed E-state index contributed by atoms with van der Waals surface area (Å²) in [5.74, 6) is -0.384. The van der Waals surface area contributed by atoms with Gasteiger partial charge in [0.05, 0.1) is 121 Å². The van der Waals surface area contributed by atoms with Crippen LogP contribution >= 0.6 is 0 Å². The Balaban J connectivity index is 0.000000154. The zero-order valence-electron chi connectivity index (χ0n) is 76.3. The van der Waals surface area contributed by atoms with Crippen molar-refractivity contribution < 1.29 is 126 Å². The number of allylic oxidation sites excluding steroid dienone is 8. The molecule has 16 rings (SSSR count). The number of fused-ring (bicyclic) bond motifs is 4. The summed E-state index contributed by atoms with van der Waals surface area (Å²) >= 11 is 0. The number of alkyl halides is 3. The van der Waals surface area contributed by atoms with Crippen molar-refractivity contribution in [3.8, 4) is 74.7 Å². The standard InChI is InChI=1S/C27H23F4NO5.C27H24FNO5.2C26H24FNO5/c1-15-20(9-16-10-23(35-2)26(34)24(11-16)36-3)19-7-6-17(28)12-22(19)21(15)13-25(33)32(27(29,30)31)14-18-5-4-8-37-18;1-16-21(11-17-12-24(32-2)27(31)25(13-17)33-3)20-10-9-18(28)14-23(20)22(16)15-26(30)29-34-19-7-5-4-6-8-19;2*1-15-20(9-16-10-23(31-2)26(30)24(11-16)32-3)19-7-6-17(27)12-22(19)21(15)13-25(29)28-14-18-5-4-8-33-18/h4-12,34H,13-14H2,1-3H3;4-14,31H,15H2,1-3H3,(H,29,30);2*4-12,30H,13-14H2,1-3H3,(H,28,29)/b20-9-;21-11-;2*20-9-. The van der Waals surface area contributed by atoms with Gasteiger partial charge in [-0.05, 0) is 331 Å². The van der Waals surface area contributed by atoms with E-state index in [1.807, 2.05) is 45.1 Å². The molecule has 4 aliphatic rings. The minimum Gasteiger partial charge on any atom is -0.502 e. The molecule has 0 unspecified atom stereocenters. The molecule has 3 heterocycles. The van der Waals surface area contributed by atoms with Gasteiger partial charge in [-0.1, -0.05) is 42.5 Å². The zero-order valence-corrected chi connectivity index (χ0v) is 76.3. The third kappa shape index (κ3) is 22.7. The molecule has 4 amide bonds. The van der Waals surface area contributed by atoms with Crippen molar-refractivity contribution in [1.82, 2.24) is 21.0 Å². The van der Waals surface area contributed by atoms with Crippen LogP contribution in [0.25, 0.3) is 68.9 Å². The normalized spacial score (nSPS) is 13.9. The van der Waals surface area contributed by atoms with Crippen LogP contribution in [0.5, 0.6) is 74.7 Å². The van der Waals surface area contributed by atoms with E-state index >= 15 is 0 Å². The number of amides is 4. The molecule has 0 atom stereocenters. The monoisotopic (exact) mass is 1880 g/mol. The van der Waals surface area contributed by atoms with Gasteiger partial charge in [-0.2, -0.15) is 5.48 Å². The Bertz CT molecular complexity index is 6530. The fourth-order valence-electron chi connectivity index (χ4n) is 16.1. The average molecular weight is 1880 g/mol. The molecule has 0 fully saturated rings. The number of phenols is 4. The van der Waals surface area contributed by atoms with E-state index in [2.05, 4.69) is 16.1 Å². The Morgan fingerprint density at radius 2 is 0.613 bits per heavy atom. The third-order valence-electron chi connectivity index (χ3n) is 23.0. The highest BCUT2D eigenvalue weighted by molar-refractivity contribution is 6.12. The number of ether oxygens (including phenoxy) is 8. The number of hydroxylamine groups is 1. The average Bonchev–Trinajstić information content (AvgIpc) is 1.63. The minimum absolute atomic E-state index is 0.00861. The number of phenolic OH excluding ortho intramolecular Hbond substituents is 4. The van der Waals surface area contributed by atoms with E-state index in [1.165, 1.54) is 130 Å². The number of hydrogen-bond donors (Lipinski definition) is 7. The van der Waals surface area contributed by atoms with Gasteiger partial charge in [-0.3, -0.25) is 19.2 Å². The SMILES string of the molecule is COc1cc(/C=C2/C(C)=C(CC(=O)N(Cc3ccco3)C(F)(F)F)c3cc(F)ccc32)cc(OC)c1O.COc1cc(/C=C2/C(C)=C(CC(=O)NCc3ccco3)c3cc(F)ccc32)cc(OC)c1O.COc1cc(/C=C2/C(C)=C(CC(=O)NCc3ccco3)c3cc(F)ccc32)cc(OC)c1O.COc1cc(/C=C2/C(C)=C(CC(=O)NOc3ccccc3)c3cc(F)ccc32)cc(OC)c1O. The Labute approximate surface area is 783 Å². The van der Waals surface area contributed by atoms with Crippen molar-refractivity contribution in [3.05, 3.63) is 336 Å². The number of nitrogens with one attached hydrogen (secondary N) is 3. The van der Waals surface area contributed by atoms with Crippen LogP contribution in [-0.4, -0.2) is 112 Å².